The summed E-state index contributed by atoms with van der Waals surface area (Å²) in [7, 11) is -3.85. The number of hydrogen-bond acceptors (Lipinski definition) is 4. The minimum Gasteiger partial charge on any atom is -0.478 e. The fraction of sp³-hybridized carbons (Fsp3) is 0.636. The maximum absolute atomic E-state index is 12.5. The van der Waals surface area contributed by atoms with Gasteiger partial charge in [0, 0.05) is 12.6 Å². The molecule has 2 rings (SSSR count). The van der Waals surface area contributed by atoms with Gasteiger partial charge in [-0.1, -0.05) is 0 Å². The molecule has 19 heavy (non-hydrogen) atoms. The second kappa shape index (κ2) is 4.93. The van der Waals surface area contributed by atoms with E-state index in [-0.39, 0.29) is 16.6 Å². The maximum atomic E-state index is 12.5. The molecule has 0 radical (unpaired) electrons. The molecule has 1 aromatic heterocycles. The molecular weight excluding hydrogens is 270 g/mol. The first-order valence-corrected chi connectivity index (χ1v) is 7.56. The first-order chi connectivity index (χ1) is 8.84. The van der Waals surface area contributed by atoms with Crippen molar-refractivity contribution in [1.29, 1.82) is 0 Å². The Hall–Kier alpha value is -1.41. The van der Waals surface area contributed by atoms with Crippen molar-refractivity contribution in [3.8, 4) is 0 Å². The summed E-state index contributed by atoms with van der Waals surface area (Å²) in [6.07, 6.45) is 3.06. The van der Waals surface area contributed by atoms with Gasteiger partial charge in [0.05, 0.1) is 6.20 Å². The van der Waals surface area contributed by atoms with Crippen molar-refractivity contribution in [3.05, 3.63) is 11.8 Å². The lowest BCUT2D eigenvalue weighted by Crippen LogP contribution is -2.39. The molecule has 0 aliphatic heterocycles. The van der Waals surface area contributed by atoms with E-state index in [0.717, 1.165) is 19.0 Å². The third-order valence-corrected chi connectivity index (χ3v) is 5.13. The highest BCUT2D eigenvalue weighted by molar-refractivity contribution is 7.89. The predicted molar refractivity (Wildman–Crippen MR) is 67.3 cm³/mol. The Morgan fingerprint density at radius 3 is 2.68 bits per heavy atom. The lowest BCUT2D eigenvalue weighted by atomic mass is 10.3. The van der Waals surface area contributed by atoms with E-state index in [4.69, 9.17) is 5.11 Å². The van der Waals surface area contributed by atoms with Crippen LogP contribution in [0.15, 0.2) is 11.2 Å². The van der Waals surface area contributed by atoms with Gasteiger partial charge in [0.2, 0.25) is 0 Å². The fourth-order valence-electron chi connectivity index (χ4n) is 1.88. The van der Waals surface area contributed by atoms with Crippen LogP contribution in [0.5, 0.6) is 0 Å². The standard InChI is InChI=1S/C11H17N3O4S/c1-7(2)14(6-8-3-4-8)19(17,18)10-9(11(15)16)5-12-13-10/h5,7-8H,3-4,6H2,1-2H3,(H,12,13)(H,15,16). The number of nitrogens with one attached hydrogen (secondary N) is 1. The molecule has 0 spiro atoms. The number of carboxylic acids is 1. The van der Waals surface area contributed by atoms with Gasteiger partial charge in [-0.05, 0) is 32.6 Å². The van der Waals surface area contributed by atoms with Crippen molar-refractivity contribution in [2.75, 3.05) is 6.54 Å². The topological polar surface area (TPSA) is 103 Å². The Morgan fingerprint density at radius 2 is 2.21 bits per heavy atom. The van der Waals surface area contributed by atoms with Crippen molar-refractivity contribution in [3.63, 3.8) is 0 Å². The Kier molecular flexibility index (Phi) is 3.64. The van der Waals surface area contributed by atoms with Crippen LogP contribution in [0.1, 0.15) is 37.0 Å². The summed E-state index contributed by atoms with van der Waals surface area (Å²) in [5, 5.41) is 14.5. The van der Waals surface area contributed by atoms with Gasteiger partial charge in [0.1, 0.15) is 5.56 Å². The lowest BCUT2D eigenvalue weighted by Gasteiger charge is -2.25. The zero-order valence-electron chi connectivity index (χ0n) is 10.8. The second-order valence-corrected chi connectivity index (χ2v) is 6.86. The molecule has 2 N–H and O–H groups in total. The van der Waals surface area contributed by atoms with E-state index < -0.39 is 16.0 Å². The van der Waals surface area contributed by atoms with Gasteiger partial charge in [-0.25, -0.2) is 13.2 Å². The highest BCUT2D eigenvalue weighted by Gasteiger charge is 2.36. The number of H-pyrrole nitrogens is 1. The van der Waals surface area contributed by atoms with E-state index in [2.05, 4.69) is 10.2 Å². The Bertz CT molecular complexity index is 575. The largest absolute Gasteiger partial charge is 0.478 e. The van der Waals surface area contributed by atoms with E-state index in [1.807, 2.05) is 0 Å². The van der Waals surface area contributed by atoms with Crippen LogP contribution in [0.4, 0.5) is 0 Å². The summed E-state index contributed by atoms with van der Waals surface area (Å²) in [4.78, 5) is 11.0. The Balaban J connectivity index is 2.38. The fourth-order valence-corrected chi connectivity index (χ4v) is 3.66. The van der Waals surface area contributed by atoms with Crippen molar-refractivity contribution in [1.82, 2.24) is 14.5 Å². The van der Waals surface area contributed by atoms with Crippen LogP contribution in [0.3, 0.4) is 0 Å². The zero-order chi connectivity index (χ0) is 14.2. The zero-order valence-corrected chi connectivity index (χ0v) is 11.6. The van der Waals surface area contributed by atoms with Crippen LogP contribution in [0, 0.1) is 5.92 Å². The molecule has 0 unspecified atom stereocenters. The molecule has 0 bridgehead atoms. The number of carbonyl (C=O) groups is 1. The summed E-state index contributed by atoms with van der Waals surface area (Å²) in [6.45, 7) is 3.98. The van der Waals surface area contributed by atoms with E-state index in [9.17, 15) is 13.2 Å². The molecule has 1 saturated carbocycles. The number of carboxylic acid groups (broad SMARTS) is 1. The summed E-state index contributed by atoms with van der Waals surface area (Å²) >= 11 is 0. The molecule has 1 fully saturated rings. The van der Waals surface area contributed by atoms with Crippen molar-refractivity contribution in [2.24, 2.45) is 5.92 Å². The number of rotatable bonds is 6. The molecule has 0 atom stereocenters. The minimum atomic E-state index is -3.85. The van der Waals surface area contributed by atoms with Gasteiger partial charge in [0.15, 0.2) is 5.03 Å². The molecule has 1 aliphatic rings. The van der Waals surface area contributed by atoms with Crippen LogP contribution >= 0.6 is 0 Å². The van der Waals surface area contributed by atoms with Crippen molar-refractivity contribution in [2.45, 2.75) is 37.8 Å². The molecular formula is C11H17N3O4S. The van der Waals surface area contributed by atoms with Crippen LogP contribution in [-0.2, 0) is 10.0 Å². The normalized spacial score (nSPS) is 16.2. The maximum Gasteiger partial charge on any atom is 0.340 e. The van der Waals surface area contributed by atoms with E-state index >= 15 is 0 Å². The molecule has 1 aromatic rings. The summed E-state index contributed by atoms with van der Waals surface area (Å²) in [5.41, 5.74) is -0.318. The van der Waals surface area contributed by atoms with Crippen molar-refractivity contribution < 1.29 is 18.3 Å². The first kappa shape index (κ1) is 14.0. The highest BCUT2D eigenvalue weighted by Crippen LogP contribution is 2.32. The number of hydrogen-bond donors (Lipinski definition) is 2. The van der Waals surface area contributed by atoms with Gasteiger partial charge in [-0.2, -0.15) is 9.40 Å². The molecule has 1 aliphatic carbocycles. The average Bonchev–Trinajstić information content (AvgIpc) is 2.97. The summed E-state index contributed by atoms with van der Waals surface area (Å²) in [6, 6.07) is -0.226. The molecule has 0 amide bonds. The second-order valence-electron chi connectivity index (χ2n) is 5.03. The predicted octanol–water partition coefficient (Wildman–Crippen LogP) is 0.917. The van der Waals surface area contributed by atoms with Gasteiger partial charge in [-0.3, -0.25) is 5.10 Å². The quantitative estimate of drug-likeness (QED) is 0.809. The first-order valence-electron chi connectivity index (χ1n) is 6.12. The monoisotopic (exact) mass is 287 g/mol. The smallest absolute Gasteiger partial charge is 0.340 e. The number of aromatic carboxylic acids is 1. The molecule has 0 saturated heterocycles. The van der Waals surface area contributed by atoms with Gasteiger partial charge in [0.25, 0.3) is 10.0 Å². The molecule has 1 heterocycles. The lowest BCUT2D eigenvalue weighted by molar-refractivity contribution is 0.0692. The van der Waals surface area contributed by atoms with E-state index in [1.54, 1.807) is 13.8 Å². The number of aromatic nitrogens is 2. The number of aromatic amines is 1. The van der Waals surface area contributed by atoms with Crippen molar-refractivity contribution >= 4 is 16.0 Å². The Morgan fingerprint density at radius 1 is 1.58 bits per heavy atom. The van der Waals surface area contributed by atoms with E-state index in [0.29, 0.717) is 12.5 Å². The number of nitrogens with zero attached hydrogens (tertiary/aromatic N) is 2. The molecule has 8 heteroatoms. The SMILES string of the molecule is CC(C)N(CC1CC1)S(=O)(=O)c1[nH]ncc1C(=O)O. The third kappa shape index (κ3) is 2.79. The van der Waals surface area contributed by atoms with Crippen LogP contribution < -0.4 is 0 Å². The van der Waals surface area contributed by atoms with Crippen LogP contribution in [0.2, 0.25) is 0 Å². The molecule has 0 aromatic carbocycles. The number of sulfonamides is 1. The highest BCUT2D eigenvalue weighted by atomic mass is 32.2. The van der Waals surface area contributed by atoms with Gasteiger partial charge < -0.3 is 5.11 Å². The van der Waals surface area contributed by atoms with Crippen LogP contribution in [0.25, 0.3) is 0 Å². The summed E-state index contributed by atoms with van der Waals surface area (Å²) < 4.78 is 26.4. The Labute approximate surface area is 111 Å². The van der Waals surface area contributed by atoms with E-state index in [1.165, 1.54) is 4.31 Å². The van der Waals surface area contributed by atoms with Crippen LogP contribution in [-0.4, -0.2) is 46.6 Å². The third-order valence-electron chi connectivity index (χ3n) is 3.11. The van der Waals surface area contributed by atoms with Gasteiger partial charge in [-0.15, -0.1) is 0 Å². The summed E-state index contributed by atoms with van der Waals surface area (Å²) in [5.74, 6) is -0.921. The van der Waals surface area contributed by atoms with Gasteiger partial charge >= 0.3 is 5.97 Å². The molecule has 106 valence electrons. The molecule has 7 nitrogen and oxygen atoms in total. The minimum absolute atomic E-state index is 0.226. The average molecular weight is 287 g/mol.